The molecule has 5 heterocycles. The summed E-state index contributed by atoms with van der Waals surface area (Å²) in [4.78, 5) is 34.7. The fourth-order valence-electron chi connectivity index (χ4n) is 5.91. The summed E-state index contributed by atoms with van der Waals surface area (Å²) in [6, 6.07) is -0.107. The van der Waals surface area contributed by atoms with Crippen LogP contribution >= 0.6 is 11.9 Å². The number of halogens is 1. The molecule has 0 radical (unpaired) electrons. The largest absolute Gasteiger partial charge is 0.450 e. The van der Waals surface area contributed by atoms with Crippen molar-refractivity contribution in [3.05, 3.63) is 45.4 Å². The molecule has 1 N–H and O–H groups in total. The number of hydrogen-bond acceptors (Lipinski definition) is 10. The summed E-state index contributed by atoms with van der Waals surface area (Å²) in [7, 11) is 1.92. The molecule has 2 saturated heterocycles. The third-order valence-electron chi connectivity index (χ3n) is 7.54. The number of carbonyl (C=O) groups excluding carboxylic acids is 2. The van der Waals surface area contributed by atoms with Crippen molar-refractivity contribution in [1.29, 1.82) is 0 Å². The van der Waals surface area contributed by atoms with Gasteiger partial charge in [0.05, 0.1) is 16.4 Å². The van der Waals surface area contributed by atoms with Crippen molar-refractivity contribution < 1.29 is 28.3 Å². The van der Waals surface area contributed by atoms with Gasteiger partial charge in [0.25, 0.3) is 5.78 Å². The summed E-state index contributed by atoms with van der Waals surface area (Å²) in [6.45, 7) is 1.63. The number of allylic oxidation sites excluding steroid dienone is 3. The van der Waals surface area contributed by atoms with Gasteiger partial charge >= 0.3 is 0 Å². The highest BCUT2D eigenvalue weighted by atomic mass is 32.2. The maximum absolute atomic E-state index is 16.0. The van der Waals surface area contributed by atoms with Crippen molar-refractivity contribution >= 4 is 23.5 Å². The summed E-state index contributed by atoms with van der Waals surface area (Å²) in [5.74, 6) is -1.59. The van der Waals surface area contributed by atoms with Crippen LogP contribution < -0.4 is 5.32 Å². The van der Waals surface area contributed by atoms with Crippen LogP contribution in [0.25, 0.3) is 0 Å². The minimum atomic E-state index is -0.678. The lowest BCUT2D eigenvalue weighted by atomic mass is 9.80. The molecule has 0 aromatic rings. The van der Waals surface area contributed by atoms with Crippen molar-refractivity contribution in [1.82, 2.24) is 19.6 Å². The standard InChI is InChI=1S/C22H23FN4O5S/c1-24-11-4-5-25(8-11)14-7-10-6-12-21-27(31-9-30-21)33-22(12)26-13-2-3-15(28)18(29)19(13)32-20(16(14)23)17(10)26/h7,10-11,17,21,24H,2-6,8-9H2,1H3/t10?,11?,17?,21-/m1/s1. The molecule has 0 aromatic carbocycles. The number of hydrogen-bond donors (Lipinski definition) is 1. The highest BCUT2D eigenvalue weighted by Crippen LogP contribution is 2.57. The van der Waals surface area contributed by atoms with E-state index in [1.165, 1.54) is 11.9 Å². The highest BCUT2D eigenvalue weighted by molar-refractivity contribution is 8.00. The molecule has 5 aliphatic heterocycles. The van der Waals surface area contributed by atoms with Crippen molar-refractivity contribution in [3.63, 3.8) is 0 Å². The van der Waals surface area contributed by atoms with Crippen LogP contribution in [0.4, 0.5) is 4.39 Å². The molecule has 7 rings (SSSR count). The van der Waals surface area contributed by atoms with Gasteiger partial charge in [0.1, 0.15) is 6.04 Å². The first-order valence-corrected chi connectivity index (χ1v) is 12.1. The Morgan fingerprint density at radius 2 is 2.15 bits per heavy atom. The van der Waals surface area contributed by atoms with Gasteiger partial charge in [0.15, 0.2) is 30.4 Å². The molecule has 2 fully saturated rings. The predicted octanol–water partition coefficient (Wildman–Crippen LogP) is 1.64. The number of ketones is 2. The second-order valence-corrected chi connectivity index (χ2v) is 10.2. The average Bonchev–Trinajstić information content (AvgIpc) is 3.54. The number of likely N-dealkylation sites (N-methyl/N-ethyl adjacent to an activating group) is 1. The summed E-state index contributed by atoms with van der Waals surface area (Å²) >= 11 is 1.40. The van der Waals surface area contributed by atoms with E-state index in [2.05, 4.69) is 5.32 Å². The van der Waals surface area contributed by atoms with Crippen molar-refractivity contribution in [2.24, 2.45) is 5.92 Å². The van der Waals surface area contributed by atoms with Crippen LogP contribution in [0.2, 0.25) is 0 Å². The zero-order chi connectivity index (χ0) is 22.4. The number of hydroxylamine groups is 1. The molecule has 0 bridgehead atoms. The molecule has 9 nitrogen and oxygen atoms in total. The van der Waals surface area contributed by atoms with E-state index in [9.17, 15) is 9.59 Å². The first-order chi connectivity index (χ1) is 16.0. The van der Waals surface area contributed by atoms with Gasteiger partial charge in [-0.3, -0.25) is 14.4 Å². The lowest BCUT2D eigenvalue weighted by Crippen LogP contribution is -2.51. The molecule has 0 saturated carbocycles. The molecular weight excluding hydrogens is 451 g/mol. The zero-order valence-corrected chi connectivity index (χ0v) is 18.8. The summed E-state index contributed by atoms with van der Waals surface area (Å²) in [6.07, 6.45) is 3.82. The quantitative estimate of drug-likeness (QED) is 0.471. The van der Waals surface area contributed by atoms with Crippen LogP contribution in [-0.4, -0.2) is 71.1 Å². The molecule has 0 spiro atoms. The van der Waals surface area contributed by atoms with E-state index in [1.807, 2.05) is 22.9 Å². The Kier molecular flexibility index (Phi) is 4.39. The Hall–Kier alpha value is -2.18. The lowest BCUT2D eigenvalue weighted by molar-refractivity contribution is -0.137. The van der Waals surface area contributed by atoms with Gasteiger partial charge in [-0.15, -0.1) is 0 Å². The van der Waals surface area contributed by atoms with Gasteiger partial charge in [-0.1, -0.05) is 10.5 Å². The van der Waals surface area contributed by atoms with Crippen LogP contribution in [0, 0.1) is 5.92 Å². The minimum absolute atomic E-state index is 0.0366. The summed E-state index contributed by atoms with van der Waals surface area (Å²) in [5, 5.41) is 4.15. The Morgan fingerprint density at radius 1 is 1.27 bits per heavy atom. The first-order valence-electron chi connectivity index (χ1n) is 11.3. The van der Waals surface area contributed by atoms with Crippen LogP contribution in [0.15, 0.2) is 45.4 Å². The topological polar surface area (TPSA) is 83.6 Å². The van der Waals surface area contributed by atoms with Crippen LogP contribution in [0.1, 0.15) is 25.7 Å². The maximum atomic E-state index is 16.0. The molecular formula is C22H23FN4O5S. The van der Waals surface area contributed by atoms with Crippen LogP contribution in [0.5, 0.6) is 0 Å². The maximum Gasteiger partial charge on any atom is 0.265 e. The van der Waals surface area contributed by atoms with Gasteiger partial charge in [-0.05, 0) is 26.3 Å². The number of likely N-dealkylation sites (tertiary alicyclic amines) is 1. The number of fused-ring (bicyclic) bond motifs is 4. The fraction of sp³-hybridized carbons (Fsp3) is 0.545. The van der Waals surface area contributed by atoms with E-state index >= 15 is 4.39 Å². The molecule has 7 aliphatic rings. The minimum Gasteiger partial charge on any atom is -0.450 e. The van der Waals surface area contributed by atoms with Crippen molar-refractivity contribution in [2.45, 2.75) is 44.0 Å². The number of rotatable bonds is 2. The highest BCUT2D eigenvalue weighted by Gasteiger charge is 2.55. The Morgan fingerprint density at radius 3 is 2.97 bits per heavy atom. The smallest absolute Gasteiger partial charge is 0.265 e. The summed E-state index contributed by atoms with van der Waals surface area (Å²) < 4.78 is 29.6. The van der Waals surface area contributed by atoms with Gasteiger partial charge in [-0.2, -0.15) is 0 Å². The van der Waals surface area contributed by atoms with Crippen molar-refractivity contribution in [3.8, 4) is 0 Å². The van der Waals surface area contributed by atoms with E-state index in [0.29, 0.717) is 36.8 Å². The number of ether oxygens (including phenoxy) is 2. The number of nitrogens with one attached hydrogen (secondary N) is 1. The fourth-order valence-corrected chi connectivity index (χ4v) is 7.07. The Balaban J connectivity index is 1.38. The zero-order valence-electron chi connectivity index (χ0n) is 18.0. The van der Waals surface area contributed by atoms with Crippen molar-refractivity contribution in [2.75, 3.05) is 26.9 Å². The predicted molar refractivity (Wildman–Crippen MR) is 114 cm³/mol. The molecule has 0 aromatic heterocycles. The van der Waals surface area contributed by atoms with E-state index in [4.69, 9.17) is 14.3 Å². The average molecular weight is 475 g/mol. The third-order valence-corrected chi connectivity index (χ3v) is 8.65. The monoisotopic (exact) mass is 474 g/mol. The Bertz CT molecular complexity index is 1120. The van der Waals surface area contributed by atoms with Crippen LogP contribution in [-0.2, 0) is 23.9 Å². The molecule has 11 heteroatoms. The van der Waals surface area contributed by atoms with Gasteiger partial charge in [-0.25, -0.2) is 4.39 Å². The molecule has 2 aliphatic carbocycles. The second kappa shape index (κ2) is 7.16. The van der Waals surface area contributed by atoms with E-state index in [0.717, 1.165) is 23.6 Å². The Labute approximate surface area is 193 Å². The van der Waals surface area contributed by atoms with E-state index in [1.54, 1.807) is 4.47 Å². The molecule has 33 heavy (non-hydrogen) atoms. The molecule has 174 valence electrons. The lowest BCUT2D eigenvalue weighted by Gasteiger charge is -2.49. The number of Topliss-reactive ketones (excluding diaryl/α,β-unsaturated/α-hetero) is 2. The van der Waals surface area contributed by atoms with Crippen LogP contribution in [0.3, 0.4) is 0 Å². The van der Waals surface area contributed by atoms with E-state index in [-0.39, 0.29) is 36.9 Å². The van der Waals surface area contributed by atoms with Gasteiger partial charge in [0, 0.05) is 49.0 Å². The third kappa shape index (κ3) is 2.74. The summed E-state index contributed by atoms with van der Waals surface area (Å²) in [5.41, 5.74) is 2.22. The molecule has 0 amide bonds. The van der Waals surface area contributed by atoms with Gasteiger partial charge in [0.2, 0.25) is 5.78 Å². The number of carbonyl (C=O) groups is 2. The molecule has 4 atom stereocenters. The first kappa shape index (κ1) is 20.2. The number of nitrogens with zero attached hydrogens (tertiary/aromatic N) is 3. The SMILES string of the molecule is CNC1CCN(C2=CC3CC4=C(SN5OCO[C@H]45)N4C5=C(OC(=C2F)C34)C(=O)C(=O)CC5)C1. The second-order valence-electron chi connectivity index (χ2n) is 9.24. The van der Waals surface area contributed by atoms with E-state index < -0.39 is 23.4 Å². The normalized spacial score (nSPS) is 35.6. The molecule has 3 unspecified atom stereocenters. The van der Waals surface area contributed by atoms with Gasteiger partial charge < -0.3 is 24.6 Å².